The first-order valence-corrected chi connectivity index (χ1v) is 7.55. The molecule has 0 amide bonds. The fraction of sp³-hybridized carbons (Fsp3) is 0.812. The van der Waals surface area contributed by atoms with E-state index in [2.05, 4.69) is 12.8 Å². The number of rotatable bonds is 14. The molecule has 0 aromatic carbocycles. The Morgan fingerprint density at radius 1 is 0.950 bits per heavy atom. The van der Waals surface area contributed by atoms with Crippen molar-refractivity contribution in [3.63, 3.8) is 0 Å². The SMILES string of the molecule is C#CCOCCOCCOC(=O)CCCCCCCC. The fourth-order valence-electron chi connectivity index (χ4n) is 1.69. The number of hydrogen-bond acceptors (Lipinski definition) is 4. The highest BCUT2D eigenvalue weighted by Gasteiger charge is 2.02. The van der Waals surface area contributed by atoms with E-state index in [9.17, 15) is 4.79 Å². The van der Waals surface area contributed by atoms with Crippen molar-refractivity contribution in [1.82, 2.24) is 0 Å². The van der Waals surface area contributed by atoms with Crippen molar-refractivity contribution in [2.24, 2.45) is 0 Å². The van der Waals surface area contributed by atoms with E-state index in [1.165, 1.54) is 25.7 Å². The topological polar surface area (TPSA) is 44.8 Å². The van der Waals surface area contributed by atoms with Crippen LogP contribution in [0.15, 0.2) is 0 Å². The lowest BCUT2D eigenvalue weighted by Crippen LogP contribution is -2.12. The number of ether oxygens (including phenoxy) is 3. The van der Waals surface area contributed by atoms with Gasteiger partial charge in [-0.2, -0.15) is 0 Å². The summed E-state index contributed by atoms with van der Waals surface area (Å²) >= 11 is 0. The van der Waals surface area contributed by atoms with Crippen LogP contribution >= 0.6 is 0 Å². The van der Waals surface area contributed by atoms with E-state index in [0.717, 1.165) is 12.8 Å². The molecule has 0 aliphatic heterocycles. The first-order chi connectivity index (χ1) is 9.81. The lowest BCUT2D eigenvalue weighted by atomic mass is 10.1. The second-order valence-electron chi connectivity index (χ2n) is 4.61. The predicted octanol–water partition coefficient (Wildman–Crippen LogP) is 2.95. The third-order valence-electron chi connectivity index (χ3n) is 2.78. The summed E-state index contributed by atoms with van der Waals surface area (Å²) in [5.74, 6) is 2.24. The first kappa shape index (κ1) is 18.9. The average molecular weight is 284 g/mol. The first-order valence-electron chi connectivity index (χ1n) is 7.55. The molecular weight excluding hydrogens is 256 g/mol. The summed E-state index contributed by atoms with van der Waals surface area (Å²) in [6.45, 7) is 4.15. The molecule has 20 heavy (non-hydrogen) atoms. The van der Waals surface area contributed by atoms with E-state index in [-0.39, 0.29) is 5.97 Å². The maximum atomic E-state index is 11.4. The summed E-state index contributed by atoms with van der Waals surface area (Å²) in [7, 11) is 0. The van der Waals surface area contributed by atoms with Gasteiger partial charge >= 0.3 is 5.97 Å². The van der Waals surface area contributed by atoms with E-state index in [0.29, 0.717) is 39.5 Å². The Labute approximate surface area is 123 Å². The lowest BCUT2D eigenvalue weighted by Gasteiger charge is -2.06. The number of hydrogen-bond donors (Lipinski definition) is 0. The molecule has 0 aliphatic rings. The van der Waals surface area contributed by atoms with Crippen LogP contribution in [0.25, 0.3) is 0 Å². The van der Waals surface area contributed by atoms with Crippen LogP contribution in [-0.4, -0.2) is 39.0 Å². The minimum atomic E-state index is -0.132. The summed E-state index contributed by atoms with van der Waals surface area (Å²) in [5, 5.41) is 0. The van der Waals surface area contributed by atoms with Gasteiger partial charge in [0, 0.05) is 6.42 Å². The van der Waals surface area contributed by atoms with Crippen molar-refractivity contribution in [1.29, 1.82) is 0 Å². The largest absolute Gasteiger partial charge is 0.463 e. The maximum absolute atomic E-state index is 11.4. The molecule has 0 bridgehead atoms. The van der Waals surface area contributed by atoms with Gasteiger partial charge in [-0.3, -0.25) is 4.79 Å². The van der Waals surface area contributed by atoms with Gasteiger partial charge in [0.25, 0.3) is 0 Å². The van der Waals surface area contributed by atoms with E-state index in [1.54, 1.807) is 0 Å². The zero-order valence-corrected chi connectivity index (χ0v) is 12.7. The van der Waals surface area contributed by atoms with E-state index in [4.69, 9.17) is 20.6 Å². The molecule has 0 fully saturated rings. The number of carbonyl (C=O) groups excluding carboxylic acids is 1. The number of carbonyl (C=O) groups is 1. The molecule has 116 valence electrons. The van der Waals surface area contributed by atoms with Crippen LogP contribution in [0.3, 0.4) is 0 Å². The molecule has 0 heterocycles. The molecule has 0 aromatic rings. The summed E-state index contributed by atoms with van der Waals surface area (Å²) in [6.07, 6.45) is 12.6. The molecule has 0 rings (SSSR count). The summed E-state index contributed by atoms with van der Waals surface area (Å²) < 4.78 is 15.3. The van der Waals surface area contributed by atoms with Crippen molar-refractivity contribution in [3.05, 3.63) is 0 Å². The van der Waals surface area contributed by atoms with Gasteiger partial charge in [0.15, 0.2) is 0 Å². The molecule has 0 spiro atoms. The minimum Gasteiger partial charge on any atom is -0.463 e. The Morgan fingerprint density at radius 2 is 1.60 bits per heavy atom. The molecule has 0 aliphatic carbocycles. The minimum absolute atomic E-state index is 0.132. The van der Waals surface area contributed by atoms with E-state index in [1.807, 2.05) is 0 Å². The zero-order valence-electron chi connectivity index (χ0n) is 12.7. The molecule has 0 saturated carbocycles. The molecule has 4 nitrogen and oxygen atoms in total. The van der Waals surface area contributed by atoms with Crippen LogP contribution in [0.1, 0.15) is 51.9 Å². The summed E-state index contributed by atoms with van der Waals surface area (Å²) in [4.78, 5) is 11.4. The van der Waals surface area contributed by atoms with Crippen molar-refractivity contribution in [2.75, 3.05) is 33.0 Å². The van der Waals surface area contributed by atoms with Crippen molar-refractivity contribution in [3.8, 4) is 12.3 Å². The Kier molecular flexibility index (Phi) is 15.2. The van der Waals surface area contributed by atoms with Crippen LogP contribution in [0.5, 0.6) is 0 Å². The van der Waals surface area contributed by atoms with Crippen LogP contribution in [-0.2, 0) is 19.0 Å². The third-order valence-corrected chi connectivity index (χ3v) is 2.78. The molecule has 0 atom stereocenters. The Bertz CT molecular complexity index is 258. The third kappa shape index (κ3) is 15.0. The molecule has 0 aromatic heterocycles. The molecule has 0 radical (unpaired) electrons. The number of unbranched alkanes of at least 4 members (excludes halogenated alkanes) is 5. The average Bonchev–Trinajstić information content (AvgIpc) is 2.45. The maximum Gasteiger partial charge on any atom is 0.305 e. The van der Waals surface area contributed by atoms with Gasteiger partial charge in [0.05, 0.1) is 19.8 Å². The van der Waals surface area contributed by atoms with Gasteiger partial charge < -0.3 is 14.2 Å². The van der Waals surface area contributed by atoms with Gasteiger partial charge in [-0.1, -0.05) is 44.9 Å². The molecule has 4 heteroatoms. The van der Waals surface area contributed by atoms with Gasteiger partial charge in [-0.15, -0.1) is 6.42 Å². The van der Waals surface area contributed by atoms with Crippen LogP contribution in [0.2, 0.25) is 0 Å². The van der Waals surface area contributed by atoms with Crippen LogP contribution < -0.4 is 0 Å². The Morgan fingerprint density at radius 3 is 2.35 bits per heavy atom. The second-order valence-corrected chi connectivity index (χ2v) is 4.61. The highest BCUT2D eigenvalue weighted by atomic mass is 16.6. The van der Waals surface area contributed by atoms with Gasteiger partial charge in [0.1, 0.15) is 13.2 Å². The van der Waals surface area contributed by atoms with Crippen molar-refractivity contribution in [2.45, 2.75) is 51.9 Å². The highest BCUT2D eigenvalue weighted by Crippen LogP contribution is 2.07. The van der Waals surface area contributed by atoms with Crippen molar-refractivity contribution >= 4 is 5.97 Å². The monoisotopic (exact) mass is 284 g/mol. The Hall–Kier alpha value is -1.05. The highest BCUT2D eigenvalue weighted by molar-refractivity contribution is 5.69. The lowest BCUT2D eigenvalue weighted by molar-refractivity contribution is -0.145. The molecular formula is C16H28O4. The van der Waals surface area contributed by atoms with E-state index >= 15 is 0 Å². The zero-order chi connectivity index (χ0) is 14.9. The fourth-order valence-corrected chi connectivity index (χ4v) is 1.69. The molecule has 0 unspecified atom stereocenters. The summed E-state index contributed by atoms with van der Waals surface area (Å²) in [6, 6.07) is 0. The van der Waals surface area contributed by atoms with Gasteiger partial charge in [0.2, 0.25) is 0 Å². The predicted molar refractivity (Wildman–Crippen MR) is 79.4 cm³/mol. The molecule has 0 N–H and O–H groups in total. The van der Waals surface area contributed by atoms with Crippen LogP contribution in [0, 0.1) is 12.3 Å². The normalized spacial score (nSPS) is 10.2. The van der Waals surface area contributed by atoms with Gasteiger partial charge in [-0.05, 0) is 6.42 Å². The Balaban J connectivity index is 3.15. The van der Waals surface area contributed by atoms with Crippen LogP contribution in [0.4, 0.5) is 0 Å². The van der Waals surface area contributed by atoms with E-state index < -0.39 is 0 Å². The quantitative estimate of drug-likeness (QED) is 0.279. The number of esters is 1. The van der Waals surface area contributed by atoms with Gasteiger partial charge in [-0.25, -0.2) is 0 Å². The van der Waals surface area contributed by atoms with Crippen molar-refractivity contribution < 1.29 is 19.0 Å². The standard InChI is InChI=1S/C16H28O4/c1-3-5-6-7-8-9-10-16(17)20-15-14-19-13-12-18-11-4-2/h2H,3,5-15H2,1H3. The number of terminal acetylenes is 1. The molecule has 0 saturated heterocycles. The second kappa shape index (κ2) is 16.0. The smallest absolute Gasteiger partial charge is 0.305 e. The summed E-state index contributed by atoms with van der Waals surface area (Å²) in [5.41, 5.74) is 0.